The Labute approximate surface area is 109 Å². The number of ether oxygens (including phenoxy) is 2. The molecule has 100 valence electrons. The lowest BCUT2D eigenvalue weighted by Gasteiger charge is -2.13. The largest absolute Gasteiger partial charge is 0.497 e. The molecule has 18 heavy (non-hydrogen) atoms. The molecule has 3 heteroatoms. The highest BCUT2D eigenvalue weighted by Crippen LogP contribution is 2.31. The average Bonchev–Trinajstić information content (AvgIpc) is 3.21. The van der Waals surface area contributed by atoms with Gasteiger partial charge in [0.15, 0.2) is 0 Å². The summed E-state index contributed by atoms with van der Waals surface area (Å²) in [6.45, 7) is 4.89. The second-order valence-electron chi connectivity index (χ2n) is 4.90. The fraction of sp³-hybridized carbons (Fsp3) is 0.600. The molecule has 0 saturated heterocycles. The van der Waals surface area contributed by atoms with Gasteiger partial charge >= 0.3 is 0 Å². The maximum Gasteiger partial charge on any atom is 0.124 e. The van der Waals surface area contributed by atoms with E-state index in [1.165, 1.54) is 18.4 Å². The fourth-order valence-electron chi connectivity index (χ4n) is 1.85. The average molecular weight is 249 g/mol. The van der Waals surface area contributed by atoms with Crippen molar-refractivity contribution in [1.82, 2.24) is 5.32 Å². The third-order valence-corrected chi connectivity index (χ3v) is 3.18. The first kappa shape index (κ1) is 13.2. The van der Waals surface area contributed by atoms with Crippen molar-refractivity contribution in [2.24, 2.45) is 5.92 Å². The molecule has 1 aliphatic rings. The van der Waals surface area contributed by atoms with Crippen molar-refractivity contribution >= 4 is 0 Å². The van der Waals surface area contributed by atoms with E-state index in [-0.39, 0.29) is 0 Å². The lowest BCUT2D eigenvalue weighted by atomic mass is 10.2. The minimum absolute atomic E-state index is 0.781. The Kier molecular flexibility index (Phi) is 4.88. The molecule has 0 aliphatic heterocycles. The van der Waals surface area contributed by atoms with E-state index >= 15 is 0 Å². The van der Waals surface area contributed by atoms with Gasteiger partial charge in [0, 0.05) is 12.1 Å². The molecular formula is C15H23NO2. The van der Waals surface area contributed by atoms with Crippen molar-refractivity contribution in [3.05, 3.63) is 23.8 Å². The van der Waals surface area contributed by atoms with Crippen LogP contribution in [0.3, 0.4) is 0 Å². The van der Waals surface area contributed by atoms with Gasteiger partial charge in [-0.25, -0.2) is 0 Å². The first-order valence-electron chi connectivity index (χ1n) is 6.84. The summed E-state index contributed by atoms with van der Waals surface area (Å²) in [5.41, 5.74) is 1.18. The Morgan fingerprint density at radius 2 is 2.17 bits per heavy atom. The SMILES string of the molecule is CCCNCc1cc(OC)ccc1OCC1CC1. The summed E-state index contributed by atoms with van der Waals surface area (Å²) in [4.78, 5) is 0. The van der Waals surface area contributed by atoms with Gasteiger partial charge in [-0.05, 0) is 49.9 Å². The van der Waals surface area contributed by atoms with Crippen molar-refractivity contribution in [2.45, 2.75) is 32.7 Å². The number of hydrogen-bond donors (Lipinski definition) is 1. The van der Waals surface area contributed by atoms with Gasteiger partial charge in [0.1, 0.15) is 11.5 Å². The van der Waals surface area contributed by atoms with Crippen LogP contribution in [-0.4, -0.2) is 20.3 Å². The molecule has 1 aromatic rings. The van der Waals surface area contributed by atoms with Crippen LogP contribution in [0, 0.1) is 5.92 Å². The van der Waals surface area contributed by atoms with Crippen molar-refractivity contribution in [2.75, 3.05) is 20.3 Å². The predicted octanol–water partition coefficient (Wildman–Crippen LogP) is 2.98. The summed E-state index contributed by atoms with van der Waals surface area (Å²) in [6.07, 6.45) is 3.78. The fourth-order valence-corrected chi connectivity index (χ4v) is 1.85. The van der Waals surface area contributed by atoms with Crippen molar-refractivity contribution in [1.29, 1.82) is 0 Å². The molecule has 1 saturated carbocycles. The minimum Gasteiger partial charge on any atom is -0.497 e. The topological polar surface area (TPSA) is 30.5 Å². The van der Waals surface area contributed by atoms with Crippen molar-refractivity contribution < 1.29 is 9.47 Å². The van der Waals surface area contributed by atoms with Gasteiger partial charge in [-0.1, -0.05) is 6.92 Å². The van der Waals surface area contributed by atoms with Crippen LogP contribution in [0.1, 0.15) is 31.7 Å². The van der Waals surface area contributed by atoms with Gasteiger partial charge in [-0.3, -0.25) is 0 Å². The Balaban J connectivity index is 1.99. The maximum absolute atomic E-state index is 5.90. The van der Waals surface area contributed by atoms with Gasteiger partial charge in [0.05, 0.1) is 13.7 Å². The van der Waals surface area contributed by atoms with Crippen LogP contribution in [-0.2, 0) is 6.54 Å². The third kappa shape index (κ3) is 3.91. The zero-order chi connectivity index (χ0) is 12.8. The van der Waals surface area contributed by atoms with Gasteiger partial charge < -0.3 is 14.8 Å². The zero-order valence-corrected chi connectivity index (χ0v) is 11.4. The summed E-state index contributed by atoms with van der Waals surface area (Å²) in [7, 11) is 1.70. The number of hydrogen-bond acceptors (Lipinski definition) is 3. The summed E-state index contributed by atoms with van der Waals surface area (Å²) in [5, 5.41) is 3.41. The second-order valence-corrected chi connectivity index (χ2v) is 4.90. The molecule has 1 aliphatic carbocycles. The Bertz CT molecular complexity index is 375. The zero-order valence-electron chi connectivity index (χ0n) is 11.4. The normalized spacial score (nSPS) is 14.6. The molecule has 1 aromatic carbocycles. The van der Waals surface area contributed by atoms with Gasteiger partial charge in [0.25, 0.3) is 0 Å². The molecular weight excluding hydrogens is 226 g/mol. The summed E-state index contributed by atoms with van der Waals surface area (Å²) in [6, 6.07) is 6.04. The molecule has 1 N–H and O–H groups in total. The van der Waals surface area contributed by atoms with E-state index in [2.05, 4.69) is 18.3 Å². The van der Waals surface area contributed by atoms with E-state index in [0.717, 1.165) is 43.5 Å². The standard InChI is InChI=1S/C15H23NO2/c1-3-8-16-10-13-9-14(17-2)6-7-15(13)18-11-12-4-5-12/h6-7,9,12,16H,3-5,8,10-11H2,1-2H3. The highest BCUT2D eigenvalue weighted by Gasteiger charge is 2.22. The van der Waals surface area contributed by atoms with Crippen LogP contribution >= 0.6 is 0 Å². The lowest BCUT2D eigenvalue weighted by molar-refractivity contribution is 0.295. The van der Waals surface area contributed by atoms with Crippen LogP contribution in [0.15, 0.2) is 18.2 Å². The number of benzene rings is 1. The maximum atomic E-state index is 5.90. The minimum atomic E-state index is 0.781. The summed E-state index contributed by atoms with van der Waals surface area (Å²) in [5.74, 6) is 2.66. The van der Waals surface area contributed by atoms with Crippen molar-refractivity contribution in [3.63, 3.8) is 0 Å². The van der Waals surface area contributed by atoms with Crippen LogP contribution in [0.4, 0.5) is 0 Å². The third-order valence-electron chi connectivity index (χ3n) is 3.18. The molecule has 0 heterocycles. The number of methoxy groups -OCH3 is 1. The van der Waals surface area contributed by atoms with E-state index in [4.69, 9.17) is 9.47 Å². The molecule has 0 amide bonds. The smallest absolute Gasteiger partial charge is 0.124 e. The van der Waals surface area contributed by atoms with Gasteiger partial charge in [0.2, 0.25) is 0 Å². The first-order valence-corrected chi connectivity index (χ1v) is 6.84. The highest BCUT2D eigenvalue weighted by atomic mass is 16.5. The second kappa shape index (κ2) is 6.64. The molecule has 2 rings (SSSR count). The van der Waals surface area contributed by atoms with E-state index in [0.29, 0.717) is 0 Å². The number of nitrogens with one attached hydrogen (secondary N) is 1. The molecule has 3 nitrogen and oxygen atoms in total. The Morgan fingerprint density at radius 3 is 2.83 bits per heavy atom. The lowest BCUT2D eigenvalue weighted by Crippen LogP contribution is -2.15. The van der Waals surface area contributed by atoms with Crippen LogP contribution in [0.2, 0.25) is 0 Å². The predicted molar refractivity (Wildman–Crippen MR) is 73.2 cm³/mol. The van der Waals surface area contributed by atoms with E-state index in [1.54, 1.807) is 7.11 Å². The highest BCUT2D eigenvalue weighted by molar-refractivity contribution is 5.40. The molecule has 0 spiro atoms. The van der Waals surface area contributed by atoms with Crippen LogP contribution in [0.5, 0.6) is 11.5 Å². The Hall–Kier alpha value is -1.22. The molecule has 0 radical (unpaired) electrons. The quantitative estimate of drug-likeness (QED) is 0.718. The summed E-state index contributed by atoms with van der Waals surface area (Å²) < 4.78 is 11.2. The van der Waals surface area contributed by atoms with Crippen molar-refractivity contribution in [3.8, 4) is 11.5 Å². The molecule has 0 bridgehead atoms. The van der Waals surface area contributed by atoms with E-state index < -0.39 is 0 Å². The Morgan fingerprint density at radius 1 is 1.33 bits per heavy atom. The monoisotopic (exact) mass is 249 g/mol. The van der Waals surface area contributed by atoms with Gasteiger partial charge in [-0.15, -0.1) is 0 Å². The first-order chi connectivity index (χ1) is 8.83. The number of rotatable bonds is 8. The van der Waals surface area contributed by atoms with Crippen LogP contribution in [0.25, 0.3) is 0 Å². The molecule has 0 aromatic heterocycles. The summed E-state index contributed by atoms with van der Waals surface area (Å²) >= 11 is 0. The molecule has 0 unspecified atom stereocenters. The van der Waals surface area contributed by atoms with Crippen LogP contribution < -0.4 is 14.8 Å². The molecule has 0 atom stereocenters. The van der Waals surface area contributed by atoms with Gasteiger partial charge in [-0.2, -0.15) is 0 Å². The van der Waals surface area contributed by atoms with E-state index in [1.807, 2.05) is 12.1 Å². The molecule has 1 fully saturated rings. The van der Waals surface area contributed by atoms with E-state index in [9.17, 15) is 0 Å².